The van der Waals surface area contributed by atoms with E-state index < -0.39 is 18.3 Å². The van der Waals surface area contributed by atoms with Gasteiger partial charge < -0.3 is 20.4 Å². The van der Waals surface area contributed by atoms with E-state index in [2.05, 4.69) is 0 Å². The first-order chi connectivity index (χ1) is 5.65. The lowest BCUT2D eigenvalue weighted by Gasteiger charge is -2.18. The van der Waals surface area contributed by atoms with Crippen LogP contribution in [-0.4, -0.2) is 56.3 Å². The summed E-state index contributed by atoms with van der Waals surface area (Å²) in [6, 6.07) is 0. The molecule has 1 aliphatic heterocycles. The molecule has 0 saturated carbocycles. The predicted molar refractivity (Wildman–Crippen MR) is 46.0 cm³/mol. The SMILES string of the molecule is OC[C@@H]1C[C@@H](O)[C@H](O)[C@H](O)CS1. The zero-order valence-corrected chi connectivity index (χ0v) is 7.44. The third-order valence-electron chi connectivity index (χ3n) is 2.00. The van der Waals surface area contributed by atoms with Crippen LogP contribution in [0.25, 0.3) is 0 Å². The second kappa shape index (κ2) is 4.43. The topological polar surface area (TPSA) is 80.9 Å². The smallest absolute Gasteiger partial charge is 0.107 e. The second-order valence-electron chi connectivity index (χ2n) is 3.00. The molecule has 0 aromatic carbocycles. The molecule has 0 unspecified atom stereocenters. The number of hydrogen-bond acceptors (Lipinski definition) is 5. The lowest BCUT2D eigenvalue weighted by Crippen LogP contribution is -2.37. The molecule has 1 fully saturated rings. The van der Waals surface area contributed by atoms with E-state index in [-0.39, 0.29) is 11.9 Å². The molecule has 4 N–H and O–H groups in total. The summed E-state index contributed by atoms with van der Waals surface area (Å²) in [6.45, 7) is -0.0266. The standard InChI is InChI=1S/C7H14O4S/c8-2-4-1-5(9)7(11)6(10)3-12-4/h4-11H,1-3H2/t4-,5+,6+,7-/m0/s1. The number of hydrogen-bond donors (Lipinski definition) is 4. The van der Waals surface area contributed by atoms with E-state index in [9.17, 15) is 15.3 Å². The quantitative estimate of drug-likeness (QED) is 0.411. The summed E-state index contributed by atoms with van der Waals surface area (Å²) in [5.41, 5.74) is 0. The van der Waals surface area contributed by atoms with Crippen molar-refractivity contribution in [1.82, 2.24) is 0 Å². The van der Waals surface area contributed by atoms with Gasteiger partial charge in [0.05, 0.1) is 18.8 Å². The van der Waals surface area contributed by atoms with Gasteiger partial charge in [-0.3, -0.25) is 0 Å². The Morgan fingerprint density at radius 3 is 2.42 bits per heavy atom. The molecule has 4 nitrogen and oxygen atoms in total. The minimum absolute atomic E-state index is 0.0266. The summed E-state index contributed by atoms with van der Waals surface area (Å²) < 4.78 is 0. The number of aliphatic hydroxyl groups is 4. The highest BCUT2D eigenvalue weighted by Gasteiger charge is 2.31. The Labute approximate surface area is 75.2 Å². The lowest BCUT2D eigenvalue weighted by atomic mass is 10.1. The van der Waals surface area contributed by atoms with Crippen molar-refractivity contribution in [2.75, 3.05) is 12.4 Å². The summed E-state index contributed by atoms with van der Waals surface area (Å²) in [7, 11) is 0. The molecular formula is C7H14O4S. The maximum Gasteiger partial charge on any atom is 0.107 e. The number of rotatable bonds is 1. The highest BCUT2D eigenvalue weighted by molar-refractivity contribution is 8.00. The fourth-order valence-corrected chi connectivity index (χ4v) is 2.30. The molecule has 12 heavy (non-hydrogen) atoms. The van der Waals surface area contributed by atoms with Crippen LogP contribution in [0, 0.1) is 0 Å². The third kappa shape index (κ3) is 2.34. The number of thioether (sulfide) groups is 1. The normalized spacial score (nSPS) is 44.0. The van der Waals surface area contributed by atoms with Gasteiger partial charge in [-0.15, -0.1) is 0 Å². The average molecular weight is 194 g/mol. The van der Waals surface area contributed by atoms with Crippen molar-refractivity contribution in [3.05, 3.63) is 0 Å². The van der Waals surface area contributed by atoms with Crippen molar-refractivity contribution in [1.29, 1.82) is 0 Å². The first-order valence-corrected chi connectivity index (χ1v) is 4.96. The first-order valence-electron chi connectivity index (χ1n) is 3.91. The summed E-state index contributed by atoms with van der Waals surface area (Å²) in [5, 5.41) is 36.5. The molecule has 0 bridgehead atoms. The Kier molecular flexibility index (Phi) is 3.79. The van der Waals surface area contributed by atoms with Crippen LogP contribution in [0.3, 0.4) is 0 Å². The van der Waals surface area contributed by atoms with Crippen LogP contribution in [0.4, 0.5) is 0 Å². The van der Waals surface area contributed by atoms with Crippen LogP contribution in [0.5, 0.6) is 0 Å². The van der Waals surface area contributed by atoms with E-state index in [0.29, 0.717) is 12.2 Å². The van der Waals surface area contributed by atoms with Gasteiger partial charge in [-0.05, 0) is 6.42 Å². The Morgan fingerprint density at radius 2 is 1.83 bits per heavy atom. The molecule has 5 heteroatoms. The third-order valence-corrected chi connectivity index (χ3v) is 3.35. The Morgan fingerprint density at radius 1 is 1.17 bits per heavy atom. The van der Waals surface area contributed by atoms with Crippen LogP contribution >= 0.6 is 11.8 Å². The van der Waals surface area contributed by atoms with E-state index >= 15 is 0 Å². The van der Waals surface area contributed by atoms with Crippen LogP contribution in [0.1, 0.15) is 6.42 Å². The first kappa shape index (κ1) is 10.3. The molecule has 4 atom stereocenters. The molecule has 0 spiro atoms. The monoisotopic (exact) mass is 194 g/mol. The molecule has 0 amide bonds. The van der Waals surface area contributed by atoms with Gasteiger partial charge in [0.2, 0.25) is 0 Å². The Balaban J connectivity index is 2.53. The predicted octanol–water partition coefficient (Wildman–Crippen LogP) is -1.43. The summed E-state index contributed by atoms with van der Waals surface area (Å²) in [6.07, 6.45) is -2.55. The zero-order valence-electron chi connectivity index (χ0n) is 6.63. The van der Waals surface area contributed by atoms with Crippen LogP contribution in [0.15, 0.2) is 0 Å². The van der Waals surface area contributed by atoms with Gasteiger partial charge >= 0.3 is 0 Å². The minimum Gasteiger partial charge on any atom is -0.395 e. The van der Waals surface area contributed by atoms with Crippen molar-refractivity contribution < 1.29 is 20.4 Å². The highest BCUT2D eigenvalue weighted by atomic mass is 32.2. The Bertz CT molecular complexity index is 143. The van der Waals surface area contributed by atoms with Crippen molar-refractivity contribution >= 4 is 11.8 Å². The van der Waals surface area contributed by atoms with Gasteiger partial charge in [-0.25, -0.2) is 0 Å². The van der Waals surface area contributed by atoms with Crippen LogP contribution in [-0.2, 0) is 0 Å². The summed E-state index contributed by atoms with van der Waals surface area (Å²) >= 11 is 1.38. The fourth-order valence-electron chi connectivity index (χ4n) is 1.19. The molecule has 1 saturated heterocycles. The molecule has 0 aromatic rings. The van der Waals surface area contributed by atoms with Crippen LogP contribution < -0.4 is 0 Å². The second-order valence-corrected chi connectivity index (χ2v) is 4.33. The van der Waals surface area contributed by atoms with E-state index in [1.54, 1.807) is 0 Å². The maximum atomic E-state index is 9.30. The van der Waals surface area contributed by atoms with Crippen molar-refractivity contribution in [3.8, 4) is 0 Å². The lowest BCUT2D eigenvalue weighted by molar-refractivity contribution is -0.0507. The molecule has 0 aliphatic carbocycles. The van der Waals surface area contributed by atoms with E-state index in [0.717, 1.165) is 0 Å². The van der Waals surface area contributed by atoms with Gasteiger partial charge in [0.25, 0.3) is 0 Å². The Hall–Kier alpha value is 0.190. The van der Waals surface area contributed by atoms with Crippen molar-refractivity contribution in [2.24, 2.45) is 0 Å². The molecule has 72 valence electrons. The highest BCUT2D eigenvalue weighted by Crippen LogP contribution is 2.24. The average Bonchev–Trinajstić information content (AvgIpc) is 2.19. The van der Waals surface area contributed by atoms with E-state index in [4.69, 9.17) is 5.11 Å². The van der Waals surface area contributed by atoms with E-state index in [1.165, 1.54) is 11.8 Å². The van der Waals surface area contributed by atoms with Gasteiger partial charge in [0.15, 0.2) is 0 Å². The van der Waals surface area contributed by atoms with Crippen molar-refractivity contribution in [2.45, 2.75) is 30.0 Å². The maximum absolute atomic E-state index is 9.30. The van der Waals surface area contributed by atoms with Gasteiger partial charge in [0.1, 0.15) is 6.10 Å². The molecule has 0 radical (unpaired) electrons. The zero-order chi connectivity index (χ0) is 9.14. The van der Waals surface area contributed by atoms with Gasteiger partial charge in [0, 0.05) is 11.0 Å². The molecule has 0 aromatic heterocycles. The van der Waals surface area contributed by atoms with Crippen molar-refractivity contribution in [3.63, 3.8) is 0 Å². The summed E-state index contributed by atoms with van der Waals surface area (Å²) in [4.78, 5) is 0. The molecule has 1 aliphatic rings. The van der Waals surface area contributed by atoms with E-state index in [1.807, 2.05) is 0 Å². The number of aliphatic hydroxyl groups excluding tert-OH is 4. The van der Waals surface area contributed by atoms with Gasteiger partial charge in [-0.1, -0.05) is 0 Å². The largest absolute Gasteiger partial charge is 0.395 e. The van der Waals surface area contributed by atoms with Gasteiger partial charge in [-0.2, -0.15) is 11.8 Å². The molecule has 1 rings (SSSR count). The summed E-state index contributed by atoms with van der Waals surface area (Å²) in [5.74, 6) is 0.365. The fraction of sp³-hybridized carbons (Fsp3) is 1.00. The van der Waals surface area contributed by atoms with Crippen LogP contribution in [0.2, 0.25) is 0 Å². The minimum atomic E-state index is -1.07. The molecular weight excluding hydrogens is 180 g/mol. The molecule has 1 heterocycles.